The van der Waals surface area contributed by atoms with Crippen LogP contribution in [-0.2, 0) is 11.2 Å². The van der Waals surface area contributed by atoms with Crippen LogP contribution in [0.5, 0.6) is 0 Å². The summed E-state index contributed by atoms with van der Waals surface area (Å²) in [6.07, 6.45) is -0.874. The molecule has 0 bridgehead atoms. The predicted octanol–water partition coefficient (Wildman–Crippen LogP) is 0.424. The van der Waals surface area contributed by atoms with Crippen molar-refractivity contribution in [2.45, 2.75) is 25.5 Å². The second-order valence-electron chi connectivity index (χ2n) is 3.95. The number of aliphatic hydroxyl groups excluding tert-OH is 1. The Labute approximate surface area is 109 Å². The van der Waals surface area contributed by atoms with Crippen molar-refractivity contribution in [1.82, 2.24) is 10.6 Å². The number of carbonyl (C=O) groups is 2. The quantitative estimate of drug-likeness (QED) is 0.603. The molecule has 0 saturated heterocycles. The first-order valence-electron chi connectivity index (χ1n) is 5.45. The Bertz CT molecular complexity index is 394. The third-order valence-electron chi connectivity index (χ3n) is 2.24. The summed E-state index contributed by atoms with van der Waals surface area (Å²) in [7, 11) is 0. The molecule has 1 rings (SSSR count). The zero-order valence-corrected chi connectivity index (χ0v) is 10.7. The number of carboxylic acids is 1. The number of hydrogen-bond donors (Lipinski definition) is 4. The van der Waals surface area contributed by atoms with E-state index in [1.54, 1.807) is 11.3 Å². The van der Waals surface area contributed by atoms with E-state index in [1.807, 2.05) is 23.8 Å². The molecule has 0 aromatic carbocycles. The molecule has 0 aliphatic rings. The topological polar surface area (TPSA) is 98.7 Å². The van der Waals surface area contributed by atoms with Crippen LogP contribution in [0.1, 0.15) is 12.5 Å². The summed E-state index contributed by atoms with van der Waals surface area (Å²) in [6, 6.07) is 1.43. The molecule has 0 aliphatic carbocycles. The van der Waals surface area contributed by atoms with Crippen molar-refractivity contribution in [1.29, 1.82) is 0 Å². The zero-order valence-electron chi connectivity index (χ0n) is 9.92. The minimum absolute atomic E-state index is 0.0680. The second-order valence-corrected chi connectivity index (χ2v) is 4.73. The molecule has 6 nitrogen and oxygen atoms in total. The van der Waals surface area contributed by atoms with Gasteiger partial charge in [-0.05, 0) is 35.7 Å². The summed E-state index contributed by atoms with van der Waals surface area (Å²) in [5, 5.41) is 26.3. The van der Waals surface area contributed by atoms with Crippen molar-refractivity contribution in [3.05, 3.63) is 22.4 Å². The highest BCUT2D eigenvalue weighted by Crippen LogP contribution is 2.08. The average molecular weight is 272 g/mol. The predicted molar refractivity (Wildman–Crippen MR) is 67.7 cm³/mol. The van der Waals surface area contributed by atoms with Crippen LogP contribution >= 0.6 is 11.3 Å². The van der Waals surface area contributed by atoms with Gasteiger partial charge in [0.1, 0.15) is 0 Å². The lowest BCUT2D eigenvalue weighted by Gasteiger charge is -2.14. The smallest absolute Gasteiger partial charge is 0.334 e. The standard InChI is InChI=1S/C11H16N2O4S/c1-7(4-8-2-3-18-6-8)13-11(17)12-5-9(14)10(15)16/h2-3,6-7,9,14H,4-5H2,1H3,(H,15,16)(H2,12,13,17). The molecule has 18 heavy (non-hydrogen) atoms. The first-order valence-corrected chi connectivity index (χ1v) is 6.39. The lowest BCUT2D eigenvalue weighted by Crippen LogP contribution is -2.45. The number of hydrogen-bond acceptors (Lipinski definition) is 4. The Balaban J connectivity index is 2.25. The molecule has 1 aromatic rings. The fraction of sp³-hybridized carbons (Fsp3) is 0.455. The molecule has 0 radical (unpaired) electrons. The van der Waals surface area contributed by atoms with Gasteiger partial charge in [-0.3, -0.25) is 0 Å². The molecule has 2 amide bonds. The van der Waals surface area contributed by atoms with Gasteiger partial charge in [0.2, 0.25) is 0 Å². The molecular weight excluding hydrogens is 256 g/mol. The number of nitrogens with one attached hydrogen (secondary N) is 2. The van der Waals surface area contributed by atoms with E-state index in [0.29, 0.717) is 6.42 Å². The van der Waals surface area contributed by atoms with E-state index < -0.39 is 18.1 Å². The number of aliphatic carboxylic acids is 1. The van der Waals surface area contributed by atoms with E-state index in [4.69, 9.17) is 10.2 Å². The third kappa shape index (κ3) is 5.15. The van der Waals surface area contributed by atoms with Crippen LogP contribution in [0.25, 0.3) is 0 Å². The average Bonchev–Trinajstić information content (AvgIpc) is 2.78. The molecule has 100 valence electrons. The van der Waals surface area contributed by atoms with E-state index in [-0.39, 0.29) is 12.6 Å². The van der Waals surface area contributed by atoms with Gasteiger partial charge < -0.3 is 20.8 Å². The van der Waals surface area contributed by atoms with E-state index in [2.05, 4.69) is 10.6 Å². The Hall–Kier alpha value is -1.60. The van der Waals surface area contributed by atoms with Gasteiger partial charge in [-0.15, -0.1) is 0 Å². The maximum absolute atomic E-state index is 11.4. The molecule has 7 heteroatoms. The number of carbonyl (C=O) groups excluding carboxylic acids is 1. The number of aliphatic hydroxyl groups is 1. The van der Waals surface area contributed by atoms with Crippen molar-refractivity contribution in [3.8, 4) is 0 Å². The summed E-state index contributed by atoms with van der Waals surface area (Å²) < 4.78 is 0. The Morgan fingerprint density at radius 3 is 2.78 bits per heavy atom. The minimum Gasteiger partial charge on any atom is -0.479 e. The summed E-state index contributed by atoms with van der Waals surface area (Å²) in [5.74, 6) is -1.36. The Kier molecular flexibility index (Phi) is 5.60. The molecular formula is C11H16N2O4S. The fourth-order valence-corrected chi connectivity index (χ4v) is 2.05. The van der Waals surface area contributed by atoms with E-state index in [1.165, 1.54) is 0 Å². The number of rotatable bonds is 6. The molecule has 1 aromatic heterocycles. The second kappa shape index (κ2) is 6.97. The maximum Gasteiger partial charge on any atom is 0.334 e. The summed E-state index contributed by atoms with van der Waals surface area (Å²) in [5.41, 5.74) is 1.14. The van der Waals surface area contributed by atoms with Gasteiger partial charge in [-0.1, -0.05) is 0 Å². The zero-order chi connectivity index (χ0) is 13.5. The number of urea groups is 1. The Morgan fingerprint density at radius 2 is 2.22 bits per heavy atom. The van der Waals surface area contributed by atoms with Gasteiger partial charge in [0.25, 0.3) is 0 Å². The van der Waals surface area contributed by atoms with E-state index in [0.717, 1.165) is 5.56 Å². The van der Waals surface area contributed by atoms with Gasteiger partial charge in [-0.2, -0.15) is 11.3 Å². The summed E-state index contributed by atoms with van der Waals surface area (Å²) >= 11 is 1.59. The van der Waals surface area contributed by atoms with Crippen LogP contribution in [-0.4, -0.2) is 40.9 Å². The highest BCUT2D eigenvalue weighted by molar-refractivity contribution is 7.07. The van der Waals surface area contributed by atoms with Crippen LogP contribution in [0.15, 0.2) is 16.8 Å². The van der Waals surface area contributed by atoms with Crippen LogP contribution in [0.2, 0.25) is 0 Å². The SMILES string of the molecule is CC(Cc1ccsc1)NC(=O)NCC(O)C(=O)O. The Morgan fingerprint density at radius 1 is 1.50 bits per heavy atom. The van der Waals surface area contributed by atoms with Crippen molar-refractivity contribution in [3.63, 3.8) is 0 Å². The van der Waals surface area contributed by atoms with Gasteiger partial charge in [0, 0.05) is 6.04 Å². The maximum atomic E-state index is 11.4. The number of thiophene rings is 1. The molecule has 2 unspecified atom stereocenters. The van der Waals surface area contributed by atoms with Crippen molar-refractivity contribution < 1.29 is 19.8 Å². The van der Waals surface area contributed by atoms with Gasteiger partial charge in [-0.25, -0.2) is 9.59 Å². The van der Waals surface area contributed by atoms with E-state index >= 15 is 0 Å². The highest BCUT2D eigenvalue weighted by atomic mass is 32.1. The molecule has 0 fully saturated rings. The highest BCUT2D eigenvalue weighted by Gasteiger charge is 2.15. The van der Waals surface area contributed by atoms with E-state index in [9.17, 15) is 9.59 Å². The fourth-order valence-electron chi connectivity index (χ4n) is 1.36. The first-order chi connectivity index (χ1) is 8.49. The van der Waals surface area contributed by atoms with Gasteiger partial charge >= 0.3 is 12.0 Å². The lowest BCUT2D eigenvalue weighted by molar-refractivity contribution is -0.146. The van der Waals surface area contributed by atoms with Crippen molar-refractivity contribution >= 4 is 23.3 Å². The van der Waals surface area contributed by atoms with Crippen molar-refractivity contribution in [2.75, 3.05) is 6.54 Å². The van der Waals surface area contributed by atoms with Crippen LogP contribution < -0.4 is 10.6 Å². The number of amides is 2. The normalized spacial score (nSPS) is 13.7. The molecule has 4 N–H and O–H groups in total. The monoisotopic (exact) mass is 272 g/mol. The molecule has 1 heterocycles. The largest absolute Gasteiger partial charge is 0.479 e. The van der Waals surface area contributed by atoms with Crippen LogP contribution in [0, 0.1) is 0 Å². The van der Waals surface area contributed by atoms with Gasteiger partial charge in [0.05, 0.1) is 6.54 Å². The lowest BCUT2D eigenvalue weighted by atomic mass is 10.1. The molecule has 2 atom stereocenters. The molecule has 0 aliphatic heterocycles. The van der Waals surface area contributed by atoms with Crippen LogP contribution in [0.3, 0.4) is 0 Å². The minimum atomic E-state index is -1.58. The van der Waals surface area contributed by atoms with Crippen molar-refractivity contribution in [2.24, 2.45) is 0 Å². The summed E-state index contributed by atoms with van der Waals surface area (Å²) in [6.45, 7) is 1.54. The van der Waals surface area contributed by atoms with Crippen LogP contribution in [0.4, 0.5) is 4.79 Å². The summed E-state index contributed by atoms with van der Waals surface area (Å²) in [4.78, 5) is 21.7. The number of carboxylic acid groups (broad SMARTS) is 1. The molecule has 0 saturated carbocycles. The molecule has 0 spiro atoms. The van der Waals surface area contributed by atoms with Gasteiger partial charge in [0.15, 0.2) is 6.10 Å². The third-order valence-corrected chi connectivity index (χ3v) is 2.97. The first kappa shape index (κ1) is 14.5.